The number of rotatable bonds is 5. The van der Waals surface area contributed by atoms with Gasteiger partial charge in [0.05, 0.1) is 24.8 Å². The van der Waals surface area contributed by atoms with E-state index in [1.165, 1.54) is 0 Å². The number of hydrogen-bond acceptors (Lipinski definition) is 4. The van der Waals surface area contributed by atoms with Crippen molar-refractivity contribution in [1.82, 2.24) is 10.6 Å². The number of ether oxygens (including phenoxy) is 2. The minimum Gasteiger partial charge on any atom is -0.493 e. The number of hydrogen-bond donors (Lipinski definition) is 2. The van der Waals surface area contributed by atoms with Gasteiger partial charge < -0.3 is 20.1 Å². The van der Waals surface area contributed by atoms with Crippen LogP contribution in [0.1, 0.15) is 60.6 Å². The first-order valence-electron chi connectivity index (χ1n) is 11.2. The lowest BCUT2D eigenvalue weighted by Gasteiger charge is -2.29. The Morgan fingerprint density at radius 3 is 2.08 bits per heavy atom. The maximum Gasteiger partial charge on any atom is 0.338 e. The molecule has 1 unspecified atom stereocenters. The van der Waals surface area contributed by atoms with Gasteiger partial charge in [0, 0.05) is 32.5 Å². The first-order valence-corrected chi connectivity index (χ1v) is 11.2. The minimum atomic E-state index is -0.831. The summed E-state index contributed by atoms with van der Waals surface area (Å²) in [4.78, 5) is 25.0. The van der Waals surface area contributed by atoms with Crippen LogP contribution in [0.15, 0.2) is 29.5 Å². The zero-order chi connectivity index (χ0) is 26.9. The minimum absolute atomic E-state index is 0. The van der Waals surface area contributed by atoms with E-state index in [-0.39, 0.29) is 27.9 Å². The number of benzene rings is 1. The van der Waals surface area contributed by atoms with Gasteiger partial charge in [0.15, 0.2) is 0 Å². The molecule has 0 aliphatic carbocycles. The summed E-state index contributed by atoms with van der Waals surface area (Å²) in [6.45, 7) is 7.44. The van der Waals surface area contributed by atoms with Gasteiger partial charge in [0.25, 0.3) is 0 Å². The maximum atomic E-state index is 12.7. The van der Waals surface area contributed by atoms with Crippen molar-refractivity contribution in [3.8, 4) is 88.6 Å². The molecule has 6 nitrogen and oxygen atoms in total. The fourth-order valence-corrected chi connectivity index (χ4v) is 3.10. The first kappa shape index (κ1) is 27.7. The van der Waals surface area contributed by atoms with Gasteiger partial charge in [0.2, 0.25) is 0 Å². The number of amides is 2. The van der Waals surface area contributed by atoms with E-state index in [1.54, 1.807) is 39.0 Å². The van der Waals surface area contributed by atoms with Crippen LogP contribution in [0, 0.1) is 82.9 Å². The van der Waals surface area contributed by atoms with Crippen LogP contribution in [0.2, 0.25) is 0 Å². The SMILES string of the molecule is CC#CC#CC#CC#CC#CC#CC#Cc1cccc(OCC)c1C1NC(=O)NC(C)=C1C(=O)OCC.[HH].[HH].[HH].[HH].[HH].[HH].[HH].[HH].[HH].[HH].[HH]. The molecule has 1 aromatic carbocycles. The predicted molar refractivity (Wildman–Crippen MR) is 164 cm³/mol. The number of carbonyl (C=O) groups is 2. The van der Waals surface area contributed by atoms with Gasteiger partial charge >= 0.3 is 12.0 Å². The molecule has 0 aromatic heterocycles. The zero-order valence-corrected chi connectivity index (χ0v) is 20.9. The lowest BCUT2D eigenvalue weighted by atomic mass is 9.91. The summed E-state index contributed by atoms with van der Waals surface area (Å²) in [6, 6.07) is 3.98. The Morgan fingerprint density at radius 1 is 0.919 bits per heavy atom. The van der Waals surface area contributed by atoms with E-state index in [0.717, 1.165) is 0 Å². The third-order valence-corrected chi connectivity index (χ3v) is 4.43. The highest BCUT2D eigenvalue weighted by Crippen LogP contribution is 2.36. The zero-order valence-electron chi connectivity index (χ0n) is 20.9. The van der Waals surface area contributed by atoms with Crippen molar-refractivity contribution < 1.29 is 34.8 Å². The van der Waals surface area contributed by atoms with Gasteiger partial charge in [-0.1, -0.05) is 17.9 Å². The lowest BCUT2D eigenvalue weighted by molar-refractivity contribution is -0.139. The molecule has 1 heterocycles. The van der Waals surface area contributed by atoms with Crippen molar-refractivity contribution in [3.05, 3.63) is 40.6 Å². The average molecular weight is 509 g/mol. The standard InChI is InChI=1S/C31H22N2O4.11H2/c1-5-8-9-10-11-12-13-14-15-16-17-18-19-21-25-22-20-23-26(36-6-2)28(25)29-27(30(34)37-7-3)24(4)32-31(35)33-29;;;;;;;;;;;/h20,22-23,29H,6-7H2,1-4H3,(H2,32,33,35);11*1H. The molecule has 1 aromatic rings. The second kappa shape index (κ2) is 15.3. The fourth-order valence-electron chi connectivity index (χ4n) is 3.10. The van der Waals surface area contributed by atoms with E-state index in [1.807, 2.05) is 6.92 Å². The Balaban J connectivity index is -0.000000164. The summed E-state index contributed by atoms with van der Waals surface area (Å²) in [5.74, 6) is 36.4. The Bertz CT molecular complexity index is 1590. The molecule has 0 radical (unpaired) electrons. The van der Waals surface area contributed by atoms with Crippen LogP contribution in [0.3, 0.4) is 0 Å². The van der Waals surface area contributed by atoms with Crippen LogP contribution in [-0.4, -0.2) is 25.2 Å². The first-order chi connectivity index (χ1) is 18.0. The molecule has 2 amide bonds. The van der Waals surface area contributed by atoms with Crippen molar-refractivity contribution in [2.45, 2.75) is 33.7 Å². The van der Waals surface area contributed by atoms with Crippen molar-refractivity contribution >= 4 is 12.0 Å². The quantitative estimate of drug-likeness (QED) is 0.414. The Morgan fingerprint density at radius 2 is 1.51 bits per heavy atom. The topological polar surface area (TPSA) is 76.7 Å². The molecule has 37 heavy (non-hydrogen) atoms. The molecule has 6 heteroatoms. The van der Waals surface area contributed by atoms with Gasteiger partial charge in [-0.2, -0.15) is 0 Å². The summed E-state index contributed by atoms with van der Waals surface area (Å²) in [5.41, 5.74) is 1.71. The molecule has 202 valence electrons. The van der Waals surface area contributed by atoms with Gasteiger partial charge in [-0.25, -0.2) is 9.59 Å². The van der Waals surface area contributed by atoms with E-state index in [9.17, 15) is 9.59 Å². The summed E-state index contributed by atoms with van der Waals surface area (Å²) < 4.78 is 11.0. The second-order valence-electron chi connectivity index (χ2n) is 6.82. The van der Waals surface area contributed by atoms with Crippen molar-refractivity contribution in [3.63, 3.8) is 0 Å². The maximum absolute atomic E-state index is 12.7. The summed E-state index contributed by atoms with van der Waals surface area (Å²) in [7, 11) is 0. The molecular formula is C31H44N2O4. The highest BCUT2D eigenvalue weighted by molar-refractivity contribution is 5.95. The molecule has 0 saturated heterocycles. The molecule has 1 aliphatic rings. The fraction of sp³-hybridized carbons (Fsp3) is 0.226. The number of nitrogens with one attached hydrogen (secondary N) is 2. The van der Waals surface area contributed by atoms with Crippen molar-refractivity contribution in [1.29, 1.82) is 0 Å². The van der Waals surface area contributed by atoms with E-state index in [2.05, 4.69) is 93.5 Å². The molecule has 1 atom stereocenters. The Labute approximate surface area is 234 Å². The summed E-state index contributed by atoms with van der Waals surface area (Å²) in [6.07, 6.45) is 0. The molecule has 1 aliphatic heterocycles. The molecule has 2 N–H and O–H groups in total. The second-order valence-corrected chi connectivity index (χ2v) is 6.82. The van der Waals surface area contributed by atoms with Crippen LogP contribution in [-0.2, 0) is 9.53 Å². The molecule has 0 saturated carbocycles. The van der Waals surface area contributed by atoms with Crippen LogP contribution in [0.5, 0.6) is 5.75 Å². The molecular weight excluding hydrogens is 464 g/mol. The van der Waals surface area contributed by atoms with Gasteiger partial charge in [0.1, 0.15) is 5.75 Å². The van der Waals surface area contributed by atoms with Gasteiger partial charge in [-0.05, 0) is 111 Å². The van der Waals surface area contributed by atoms with Crippen LogP contribution >= 0.6 is 0 Å². The number of urea groups is 1. The molecule has 2 rings (SSSR count). The van der Waals surface area contributed by atoms with Gasteiger partial charge in [-0.3, -0.25) is 0 Å². The largest absolute Gasteiger partial charge is 0.493 e. The van der Waals surface area contributed by atoms with E-state index in [4.69, 9.17) is 9.47 Å². The predicted octanol–water partition coefficient (Wildman–Crippen LogP) is 5.37. The van der Waals surface area contributed by atoms with Gasteiger partial charge in [-0.15, -0.1) is 0 Å². The Kier molecular flexibility index (Phi) is 11.5. The number of allylic oxidation sites excluding steroid dienone is 1. The molecule has 0 spiro atoms. The number of carbonyl (C=O) groups excluding carboxylic acids is 2. The van der Waals surface area contributed by atoms with E-state index in [0.29, 0.717) is 29.2 Å². The van der Waals surface area contributed by atoms with E-state index >= 15 is 0 Å². The third-order valence-electron chi connectivity index (χ3n) is 4.43. The average Bonchev–Trinajstić information content (AvgIpc) is 2.86. The smallest absolute Gasteiger partial charge is 0.338 e. The van der Waals surface area contributed by atoms with Crippen molar-refractivity contribution in [2.75, 3.05) is 13.2 Å². The highest BCUT2D eigenvalue weighted by Gasteiger charge is 2.35. The highest BCUT2D eigenvalue weighted by atomic mass is 16.5. The number of esters is 1. The van der Waals surface area contributed by atoms with Crippen molar-refractivity contribution in [2.24, 2.45) is 0 Å². The third kappa shape index (κ3) is 8.61. The van der Waals surface area contributed by atoms with Crippen LogP contribution in [0.4, 0.5) is 4.79 Å². The van der Waals surface area contributed by atoms with E-state index < -0.39 is 18.0 Å². The lowest BCUT2D eigenvalue weighted by Crippen LogP contribution is -2.45. The normalized spacial score (nSPS) is 12.3. The van der Waals surface area contributed by atoms with Crippen LogP contribution in [0.25, 0.3) is 0 Å². The van der Waals surface area contributed by atoms with Crippen LogP contribution < -0.4 is 15.4 Å². The molecule has 0 fully saturated rings. The Hall–Kier alpha value is -5.58. The monoisotopic (exact) mass is 508 g/mol. The molecule has 0 bridgehead atoms. The summed E-state index contributed by atoms with van der Waals surface area (Å²) >= 11 is 0. The summed E-state index contributed by atoms with van der Waals surface area (Å²) in [5, 5.41) is 5.40.